The largest absolute Gasteiger partial charge is 0.506 e. The molecule has 2 saturated heterocycles. The molecule has 3 aliphatic heterocycles. The van der Waals surface area contributed by atoms with Gasteiger partial charge in [0.25, 0.3) is 5.91 Å². The number of fused-ring (bicyclic) bond motifs is 1. The Morgan fingerprint density at radius 1 is 1.08 bits per heavy atom. The fourth-order valence-corrected chi connectivity index (χ4v) is 7.08. The van der Waals surface area contributed by atoms with Gasteiger partial charge in [0.1, 0.15) is 23.0 Å². The van der Waals surface area contributed by atoms with Crippen LogP contribution in [0.5, 0.6) is 17.2 Å². The van der Waals surface area contributed by atoms with E-state index in [1.807, 2.05) is 12.1 Å². The van der Waals surface area contributed by atoms with Crippen LogP contribution in [0.15, 0.2) is 54.7 Å². The zero-order valence-electron chi connectivity index (χ0n) is 30.4. The molecule has 4 heterocycles. The van der Waals surface area contributed by atoms with Crippen molar-refractivity contribution in [3.05, 3.63) is 71.4 Å². The Hall–Kier alpha value is -4.43. The number of phenolic OH excluding ortho intramolecular Hbond substituents is 1. The maximum atomic E-state index is 12.6. The van der Waals surface area contributed by atoms with Gasteiger partial charge >= 0.3 is 0 Å². The second-order valence-electron chi connectivity index (χ2n) is 13.8. The molecule has 3 aromatic rings. The van der Waals surface area contributed by atoms with Gasteiger partial charge in [0.05, 0.1) is 39.0 Å². The molecule has 0 unspecified atom stereocenters. The highest BCUT2D eigenvalue weighted by atomic mass is 16.5. The number of hydrogen-bond acceptors (Lipinski definition) is 11. The Morgan fingerprint density at radius 2 is 1.92 bits per heavy atom. The molecule has 2 fully saturated rings. The van der Waals surface area contributed by atoms with Crippen molar-refractivity contribution in [1.82, 2.24) is 20.1 Å². The number of benzene rings is 2. The van der Waals surface area contributed by atoms with Crippen LogP contribution >= 0.6 is 0 Å². The zero-order valence-corrected chi connectivity index (χ0v) is 30.4. The number of ether oxygens (including phenoxy) is 4. The van der Waals surface area contributed by atoms with Gasteiger partial charge in [-0.05, 0) is 61.1 Å². The van der Waals surface area contributed by atoms with Gasteiger partial charge in [0, 0.05) is 65.1 Å². The third-order valence-corrected chi connectivity index (χ3v) is 10.1. The first-order valence-corrected chi connectivity index (χ1v) is 18.3. The van der Waals surface area contributed by atoms with Gasteiger partial charge in [-0.1, -0.05) is 30.3 Å². The van der Waals surface area contributed by atoms with E-state index in [1.54, 1.807) is 37.4 Å². The Labute approximate surface area is 306 Å². The van der Waals surface area contributed by atoms with E-state index < -0.39 is 0 Å². The van der Waals surface area contributed by atoms with Gasteiger partial charge in [-0.2, -0.15) is 0 Å². The Balaban J connectivity index is 0.839. The number of piperidine rings is 1. The van der Waals surface area contributed by atoms with Crippen molar-refractivity contribution in [1.29, 1.82) is 0 Å². The number of nitrogens with one attached hydrogen (secondary N) is 2. The molecular formula is C39H52N6O7. The lowest BCUT2D eigenvalue weighted by atomic mass is 9.89. The first-order chi connectivity index (χ1) is 25.3. The molecule has 2 aromatic carbocycles. The summed E-state index contributed by atoms with van der Waals surface area (Å²) in [6.45, 7) is 8.06. The molecule has 52 heavy (non-hydrogen) atoms. The minimum absolute atomic E-state index is 0.0109. The number of likely N-dealkylation sites (tertiary alicyclic amines) is 1. The number of likely N-dealkylation sites (N-methyl/N-ethyl adjacent to an activating group) is 1. The zero-order chi connectivity index (χ0) is 36.3. The van der Waals surface area contributed by atoms with Gasteiger partial charge in [-0.15, -0.1) is 0 Å². The number of pyridine rings is 1. The van der Waals surface area contributed by atoms with Gasteiger partial charge in [-0.3, -0.25) is 14.5 Å². The smallest absolute Gasteiger partial charge is 0.262 e. The van der Waals surface area contributed by atoms with Crippen LogP contribution in [0.1, 0.15) is 36.0 Å². The minimum atomic E-state index is -0.285. The number of anilines is 2. The molecule has 3 aliphatic rings. The fraction of sp³-hybridized carbons (Fsp3) is 0.513. The summed E-state index contributed by atoms with van der Waals surface area (Å²) in [6.07, 6.45) is 5.59. The van der Waals surface area contributed by atoms with Crippen molar-refractivity contribution in [2.24, 2.45) is 0 Å². The molecule has 0 atom stereocenters. The standard InChI is InChI=1S/C39H52N6O7/c1-43(19-16-40-14-8-31-6-7-33(46)37-38(31)51-27-35(47)42-37)36(48)11-22-50-21-10-29-4-3-5-30(24-29)26-44-17-12-39(13-18-44)28-45(20-23-52-39)34-25-32(49-2)9-15-41-34/h3-7,9,15,24-25,40,46H,8,10-14,16-23,26-28H2,1-2H3,(H,42,47). The molecule has 1 aromatic heterocycles. The molecule has 0 aliphatic carbocycles. The molecule has 13 heteroatoms. The van der Waals surface area contributed by atoms with E-state index >= 15 is 0 Å². The second kappa shape index (κ2) is 17.9. The highest BCUT2D eigenvalue weighted by molar-refractivity contribution is 5.97. The number of carbonyl (C=O) groups is 2. The molecule has 13 nitrogen and oxygen atoms in total. The van der Waals surface area contributed by atoms with Crippen molar-refractivity contribution in [2.75, 3.05) is 96.6 Å². The minimum Gasteiger partial charge on any atom is -0.506 e. The third-order valence-electron chi connectivity index (χ3n) is 10.1. The lowest BCUT2D eigenvalue weighted by molar-refractivity contribution is -0.131. The average molecular weight is 717 g/mol. The van der Waals surface area contributed by atoms with E-state index in [0.717, 1.165) is 69.1 Å². The summed E-state index contributed by atoms with van der Waals surface area (Å²) in [5, 5.41) is 16.0. The topological polar surface area (TPSA) is 138 Å². The summed E-state index contributed by atoms with van der Waals surface area (Å²) in [5.74, 6) is 2.03. The summed E-state index contributed by atoms with van der Waals surface area (Å²) in [5.41, 5.74) is 3.62. The molecule has 0 saturated carbocycles. The van der Waals surface area contributed by atoms with E-state index in [-0.39, 0.29) is 29.8 Å². The van der Waals surface area contributed by atoms with E-state index in [2.05, 4.69) is 49.7 Å². The summed E-state index contributed by atoms with van der Waals surface area (Å²) < 4.78 is 23.2. The second-order valence-corrected chi connectivity index (χ2v) is 13.8. The highest BCUT2D eigenvalue weighted by Gasteiger charge is 2.40. The van der Waals surface area contributed by atoms with Crippen LogP contribution in [-0.2, 0) is 38.4 Å². The predicted octanol–water partition coefficient (Wildman–Crippen LogP) is 3.24. The number of morpholine rings is 1. The molecule has 3 N–H and O–H groups in total. The molecule has 280 valence electrons. The number of phenols is 1. The number of hydrogen-bond donors (Lipinski definition) is 3. The molecule has 2 amide bonds. The van der Waals surface area contributed by atoms with Crippen molar-refractivity contribution < 1.29 is 33.6 Å². The predicted molar refractivity (Wildman–Crippen MR) is 198 cm³/mol. The number of nitrogens with zero attached hydrogens (tertiary/aromatic N) is 4. The SMILES string of the molecule is COc1ccnc(N2CCOC3(CCN(Cc4cccc(CCOCCC(=O)N(C)CCNCCc5ccc(O)c6c5OCC(=O)N6)c4)CC3)C2)c1. The number of aromatic nitrogens is 1. The van der Waals surface area contributed by atoms with Gasteiger partial charge < -0.3 is 44.5 Å². The van der Waals surface area contributed by atoms with Crippen LogP contribution in [-0.4, -0.2) is 124 Å². The van der Waals surface area contributed by atoms with Crippen LogP contribution in [0.25, 0.3) is 0 Å². The lowest BCUT2D eigenvalue weighted by Gasteiger charge is -2.47. The first-order valence-electron chi connectivity index (χ1n) is 18.3. The monoisotopic (exact) mass is 716 g/mol. The summed E-state index contributed by atoms with van der Waals surface area (Å²) in [6, 6.07) is 16.0. The quantitative estimate of drug-likeness (QED) is 0.149. The Kier molecular flexibility index (Phi) is 12.8. The van der Waals surface area contributed by atoms with Crippen molar-refractivity contribution >= 4 is 23.3 Å². The molecule has 6 rings (SSSR count). The number of rotatable bonds is 16. The van der Waals surface area contributed by atoms with Crippen LogP contribution in [0.3, 0.4) is 0 Å². The first kappa shape index (κ1) is 37.3. The Bertz CT molecular complexity index is 1660. The maximum Gasteiger partial charge on any atom is 0.262 e. The molecule has 0 radical (unpaired) electrons. The maximum absolute atomic E-state index is 12.6. The van der Waals surface area contributed by atoms with E-state index in [0.29, 0.717) is 63.7 Å². The lowest BCUT2D eigenvalue weighted by Crippen LogP contribution is -2.57. The van der Waals surface area contributed by atoms with E-state index in [4.69, 9.17) is 18.9 Å². The van der Waals surface area contributed by atoms with E-state index in [1.165, 1.54) is 11.1 Å². The van der Waals surface area contributed by atoms with Gasteiger partial charge in [0.2, 0.25) is 5.91 Å². The highest BCUT2D eigenvalue weighted by Crippen LogP contribution is 2.39. The van der Waals surface area contributed by atoms with Crippen molar-refractivity contribution in [3.63, 3.8) is 0 Å². The average Bonchev–Trinajstić information content (AvgIpc) is 3.16. The number of amides is 2. The number of methoxy groups -OCH3 is 1. The normalized spacial score (nSPS) is 17.0. The molecule has 0 bridgehead atoms. The van der Waals surface area contributed by atoms with Crippen LogP contribution < -0.4 is 25.0 Å². The van der Waals surface area contributed by atoms with E-state index in [9.17, 15) is 14.7 Å². The van der Waals surface area contributed by atoms with Crippen LogP contribution in [0.2, 0.25) is 0 Å². The van der Waals surface area contributed by atoms with Crippen LogP contribution in [0, 0.1) is 0 Å². The fourth-order valence-electron chi connectivity index (χ4n) is 7.08. The van der Waals surface area contributed by atoms with Gasteiger partial charge in [0.15, 0.2) is 12.4 Å². The summed E-state index contributed by atoms with van der Waals surface area (Å²) in [7, 11) is 3.49. The van der Waals surface area contributed by atoms with Crippen molar-refractivity contribution in [2.45, 2.75) is 44.2 Å². The summed E-state index contributed by atoms with van der Waals surface area (Å²) >= 11 is 0. The Morgan fingerprint density at radius 3 is 2.77 bits per heavy atom. The number of carbonyl (C=O) groups excluding carboxylic acids is 2. The summed E-state index contributed by atoms with van der Waals surface area (Å²) in [4.78, 5) is 35.4. The van der Waals surface area contributed by atoms with Gasteiger partial charge in [-0.25, -0.2) is 4.98 Å². The van der Waals surface area contributed by atoms with Crippen molar-refractivity contribution in [3.8, 4) is 17.2 Å². The van der Waals surface area contributed by atoms with Crippen LogP contribution in [0.4, 0.5) is 11.5 Å². The third kappa shape index (κ3) is 9.91. The number of aromatic hydroxyl groups is 1. The molecular weight excluding hydrogens is 664 g/mol. The molecule has 1 spiro atoms.